The summed E-state index contributed by atoms with van der Waals surface area (Å²) in [5.41, 5.74) is 5.83. The minimum atomic E-state index is 0.348. The molecular formula is C17H18Cl2O. The van der Waals surface area contributed by atoms with E-state index in [1.807, 2.05) is 18.2 Å². The molecule has 0 atom stereocenters. The predicted molar refractivity (Wildman–Crippen MR) is 86.0 cm³/mol. The van der Waals surface area contributed by atoms with Crippen molar-refractivity contribution in [3.05, 3.63) is 63.2 Å². The third-order valence-corrected chi connectivity index (χ3v) is 4.04. The van der Waals surface area contributed by atoms with E-state index in [1.165, 1.54) is 22.3 Å². The van der Waals surface area contributed by atoms with Crippen LogP contribution >= 0.6 is 23.2 Å². The molecule has 0 amide bonds. The second kappa shape index (κ2) is 6.51. The number of rotatable bonds is 4. The number of ether oxygens (including phenoxy) is 1. The van der Waals surface area contributed by atoms with Gasteiger partial charge in [-0.25, -0.2) is 0 Å². The topological polar surface area (TPSA) is 9.23 Å². The molecule has 0 aliphatic heterocycles. The zero-order valence-electron chi connectivity index (χ0n) is 12.0. The molecule has 0 saturated carbocycles. The highest BCUT2D eigenvalue weighted by Gasteiger charge is 2.09. The van der Waals surface area contributed by atoms with Crippen molar-refractivity contribution in [2.45, 2.75) is 33.3 Å². The lowest BCUT2D eigenvalue weighted by atomic mass is 10.0. The fourth-order valence-corrected chi connectivity index (χ4v) is 2.97. The van der Waals surface area contributed by atoms with Crippen LogP contribution in [0.4, 0.5) is 0 Å². The van der Waals surface area contributed by atoms with Crippen molar-refractivity contribution < 1.29 is 4.74 Å². The van der Waals surface area contributed by atoms with E-state index in [4.69, 9.17) is 27.9 Å². The van der Waals surface area contributed by atoms with Gasteiger partial charge in [-0.05, 0) is 49.6 Å². The zero-order valence-corrected chi connectivity index (χ0v) is 13.5. The molecule has 0 aliphatic carbocycles. The Morgan fingerprint density at radius 1 is 1.00 bits per heavy atom. The summed E-state index contributed by atoms with van der Waals surface area (Å²) in [6, 6.07) is 9.96. The minimum absolute atomic E-state index is 0.348. The average Bonchev–Trinajstić information content (AvgIpc) is 2.37. The van der Waals surface area contributed by atoms with Gasteiger partial charge in [-0.1, -0.05) is 35.4 Å². The first kappa shape index (κ1) is 15.2. The Bertz CT molecular complexity index is 597. The maximum absolute atomic E-state index is 6.13. The third kappa shape index (κ3) is 3.28. The number of hydrogen-bond acceptors (Lipinski definition) is 1. The Balaban J connectivity index is 2.24. The first-order valence-corrected chi connectivity index (χ1v) is 7.47. The van der Waals surface area contributed by atoms with Crippen LogP contribution in [0.1, 0.15) is 27.8 Å². The Hall–Kier alpha value is -1.18. The summed E-state index contributed by atoms with van der Waals surface area (Å²) in [6.45, 7) is 6.85. The largest absolute Gasteiger partial charge is 0.489 e. The van der Waals surface area contributed by atoms with Crippen LogP contribution < -0.4 is 4.74 Å². The van der Waals surface area contributed by atoms with E-state index in [2.05, 4.69) is 32.9 Å². The fraction of sp³-hybridized carbons (Fsp3) is 0.294. The molecule has 0 aliphatic rings. The first-order chi connectivity index (χ1) is 9.52. The summed E-state index contributed by atoms with van der Waals surface area (Å²) in [6.07, 6.45) is 0. The van der Waals surface area contributed by atoms with Crippen LogP contribution in [-0.2, 0) is 12.5 Å². The van der Waals surface area contributed by atoms with E-state index in [0.29, 0.717) is 17.5 Å². The lowest BCUT2D eigenvalue weighted by molar-refractivity contribution is 0.302. The van der Waals surface area contributed by atoms with E-state index in [-0.39, 0.29) is 0 Å². The SMILES string of the molecule is Cc1cc(C)c(COc2cccc(Cl)c2CCl)c(C)c1. The molecule has 0 unspecified atom stereocenters. The normalized spacial score (nSPS) is 10.7. The lowest BCUT2D eigenvalue weighted by Gasteiger charge is -2.15. The van der Waals surface area contributed by atoms with E-state index in [9.17, 15) is 0 Å². The minimum Gasteiger partial charge on any atom is -0.489 e. The molecule has 0 N–H and O–H groups in total. The Morgan fingerprint density at radius 3 is 2.25 bits per heavy atom. The van der Waals surface area contributed by atoms with Gasteiger partial charge >= 0.3 is 0 Å². The smallest absolute Gasteiger partial charge is 0.125 e. The van der Waals surface area contributed by atoms with Crippen molar-refractivity contribution in [1.29, 1.82) is 0 Å². The van der Waals surface area contributed by atoms with Crippen LogP contribution in [0.2, 0.25) is 5.02 Å². The molecule has 20 heavy (non-hydrogen) atoms. The van der Waals surface area contributed by atoms with Crippen molar-refractivity contribution in [3.63, 3.8) is 0 Å². The number of halogens is 2. The molecule has 0 spiro atoms. The van der Waals surface area contributed by atoms with E-state index >= 15 is 0 Å². The molecule has 2 rings (SSSR count). The van der Waals surface area contributed by atoms with Crippen LogP contribution in [0, 0.1) is 20.8 Å². The summed E-state index contributed by atoms with van der Waals surface area (Å²) in [4.78, 5) is 0. The Kier molecular flexibility index (Phi) is 4.95. The van der Waals surface area contributed by atoms with Gasteiger partial charge in [0, 0.05) is 10.6 Å². The van der Waals surface area contributed by atoms with Crippen LogP contribution in [0.15, 0.2) is 30.3 Å². The Morgan fingerprint density at radius 2 is 1.65 bits per heavy atom. The van der Waals surface area contributed by atoms with Gasteiger partial charge in [0.05, 0.1) is 5.88 Å². The van der Waals surface area contributed by atoms with Crippen LogP contribution in [0.5, 0.6) is 5.75 Å². The molecular weight excluding hydrogens is 291 g/mol. The van der Waals surface area contributed by atoms with E-state index in [0.717, 1.165) is 11.3 Å². The highest BCUT2D eigenvalue weighted by molar-refractivity contribution is 6.32. The molecule has 0 fully saturated rings. The third-order valence-electron chi connectivity index (χ3n) is 3.42. The monoisotopic (exact) mass is 308 g/mol. The van der Waals surface area contributed by atoms with E-state index in [1.54, 1.807) is 0 Å². The maximum atomic E-state index is 6.13. The number of alkyl halides is 1. The zero-order chi connectivity index (χ0) is 14.7. The van der Waals surface area contributed by atoms with Crippen molar-refractivity contribution in [2.24, 2.45) is 0 Å². The summed E-state index contributed by atoms with van der Waals surface area (Å²) >= 11 is 12.1. The molecule has 1 nitrogen and oxygen atoms in total. The Labute approximate surface area is 130 Å². The summed E-state index contributed by atoms with van der Waals surface area (Å²) < 4.78 is 5.93. The molecule has 0 aromatic heterocycles. The standard InChI is InChI=1S/C17H18Cl2O/c1-11-7-12(2)15(13(3)8-11)10-20-17-6-4-5-16(19)14(17)9-18/h4-8H,9-10H2,1-3H3. The first-order valence-electron chi connectivity index (χ1n) is 6.55. The van der Waals surface area contributed by atoms with Crippen LogP contribution in [0.25, 0.3) is 0 Å². The molecule has 3 heteroatoms. The van der Waals surface area contributed by atoms with Gasteiger partial charge in [-0.3, -0.25) is 0 Å². The van der Waals surface area contributed by atoms with Gasteiger partial charge < -0.3 is 4.74 Å². The highest BCUT2D eigenvalue weighted by Crippen LogP contribution is 2.29. The van der Waals surface area contributed by atoms with Gasteiger partial charge in [-0.15, -0.1) is 11.6 Å². The fourth-order valence-electron chi connectivity index (χ4n) is 2.39. The van der Waals surface area contributed by atoms with Crippen molar-refractivity contribution >= 4 is 23.2 Å². The lowest BCUT2D eigenvalue weighted by Crippen LogP contribution is -2.03. The second-order valence-corrected chi connectivity index (χ2v) is 5.69. The van der Waals surface area contributed by atoms with Crippen LogP contribution in [0.3, 0.4) is 0 Å². The molecule has 2 aromatic carbocycles. The second-order valence-electron chi connectivity index (χ2n) is 5.02. The quantitative estimate of drug-likeness (QED) is 0.670. The molecule has 0 heterocycles. The van der Waals surface area contributed by atoms with Crippen molar-refractivity contribution in [3.8, 4) is 5.75 Å². The van der Waals surface area contributed by atoms with Gasteiger partial charge in [0.25, 0.3) is 0 Å². The van der Waals surface area contributed by atoms with Crippen molar-refractivity contribution in [1.82, 2.24) is 0 Å². The van der Waals surface area contributed by atoms with Crippen LogP contribution in [-0.4, -0.2) is 0 Å². The van der Waals surface area contributed by atoms with Gasteiger partial charge in [0.15, 0.2) is 0 Å². The summed E-state index contributed by atoms with van der Waals surface area (Å²) in [5, 5.41) is 0.648. The number of aryl methyl sites for hydroxylation is 3. The maximum Gasteiger partial charge on any atom is 0.125 e. The van der Waals surface area contributed by atoms with Gasteiger partial charge in [-0.2, -0.15) is 0 Å². The predicted octanol–water partition coefficient (Wildman–Crippen LogP) is 5.58. The summed E-state index contributed by atoms with van der Waals surface area (Å²) in [5.74, 6) is 1.10. The molecule has 0 radical (unpaired) electrons. The average molecular weight is 309 g/mol. The highest BCUT2D eigenvalue weighted by atomic mass is 35.5. The van der Waals surface area contributed by atoms with Gasteiger partial charge in [0.2, 0.25) is 0 Å². The molecule has 106 valence electrons. The molecule has 0 saturated heterocycles. The number of hydrogen-bond donors (Lipinski definition) is 0. The van der Waals surface area contributed by atoms with Gasteiger partial charge in [0.1, 0.15) is 12.4 Å². The molecule has 2 aromatic rings. The number of benzene rings is 2. The summed E-state index contributed by atoms with van der Waals surface area (Å²) in [7, 11) is 0. The molecule has 0 bridgehead atoms. The van der Waals surface area contributed by atoms with E-state index < -0.39 is 0 Å². The van der Waals surface area contributed by atoms with Crippen molar-refractivity contribution in [2.75, 3.05) is 0 Å².